The molecule has 1 aliphatic carbocycles. The van der Waals surface area contributed by atoms with Gasteiger partial charge in [-0.15, -0.1) is 0 Å². The molecule has 2 rings (SSSR count). The van der Waals surface area contributed by atoms with Crippen molar-refractivity contribution in [2.45, 2.75) is 25.8 Å². The zero-order chi connectivity index (χ0) is 10.3. The molecule has 0 bridgehead atoms. The minimum atomic E-state index is -2.84. The molecular weight excluding hydrogens is 200 g/mol. The molecule has 1 unspecified atom stereocenters. The van der Waals surface area contributed by atoms with Crippen LogP contribution in [0.15, 0.2) is 0 Å². The van der Waals surface area contributed by atoms with Gasteiger partial charge in [0.15, 0.2) is 9.84 Å². The molecule has 0 aromatic carbocycles. The van der Waals surface area contributed by atoms with Crippen LogP contribution in [0, 0.1) is 11.3 Å². The monoisotopic (exact) mass is 216 g/mol. The third-order valence-corrected chi connectivity index (χ3v) is 4.74. The average Bonchev–Trinajstić information content (AvgIpc) is 2.83. The fourth-order valence-electron chi connectivity index (χ4n) is 1.95. The summed E-state index contributed by atoms with van der Waals surface area (Å²) in [5.74, 6) is 1.50. The first-order chi connectivity index (χ1) is 6.49. The Labute approximate surface area is 84.7 Å². The van der Waals surface area contributed by atoms with Gasteiger partial charge in [-0.05, 0) is 19.8 Å². The zero-order valence-corrected chi connectivity index (χ0v) is 9.18. The van der Waals surface area contributed by atoms with E-state index < -0.39 is 9.84 Å². The molecule has 0 radical (unpaired) electrons. The van der Waals surface area contributed by atoms with Crippen LogP contribution < -0.4 is 0 Å². The van der Waals surface area contributed by atoms with Crippen LogP contribution in [0.25, 0.3) is 0 Å². The number of hydrogen-bond donors (Lipinski definition) is 1. The van der Waals surface area contributed by atoms with Crippen LogP contribution >= 0.6 is 0 Å². The summed E-state index contributed by atoms with van der Waals surface area (Å²) < 4.78 is 22.6. The fourth-order valence-corrected chi connectivity index (χ4v) is 3.50. The quantitative estimate of drug-likeness (QED) is 0.512. The standard InChI is InChI=1S/C9H16N2O2S/c1-7-6-14(12,13)5-4-11(7)9(10)8-2-3-8/h7-8,10H,2-6H2,1H3. The predicted molar refractivity (Wildman–Crippen MR) is 55.3 cm³/mol. The van der Waals surface area contributed by atoms with Crippen molar-refractivity contribution >= 4 is 15.7 Å². The van der Waals surface area contributed by atoms with E-state index >= 15 is 0 Å². The maximum absolute atomic E-state index is 11.3. The molecule has 80 valence electrons. The third-order valence-electron chi connectivity index (χ3n) is 2.94. The van der Waals surface area contributed by atoms with Crippen molar-refractivity contribution in [2.24, 2.45) is 5.92 Å². The molecule has 14 heavy (non-hydrogen) atoms. The highest BCUT2D eigenvalue weighted by Gasteiger charge is 2.36. The van der Waals surface area contributed by atoms with Crippen molar-refractivity contribution in [3.05, 3.63) is 0 Å². The van der Waals surface area contributed by atoms with E-state index in [9.17, 15) is 8.42 Å². The summed E-state index contributed by atoms with van der Waals surface area (Å²) in [5, 5.41) is 7.89. The van der Waals surface area contributed by atoms with E-state index in [0.717, 1.165) is 12.8 Å². The third kappa shape index (κ3) is 1.92. The zero-order valence-electron chi connectivity index (χ0n) is 8.36. The molecule has 0 spiro atoms. The highest BCUT2D eigenvalue weighted by Crippen LogP contribution is 2.32. The largest absolute Gasteiger partial charge is 0.356 e. The van der Waals surface area contributed by atoms with Crippen LogP contribution in [0.4, 0.5) is 0 Å². The molecule has 0 aromatic heterocycles. The van der Waals surface area contributed by atoms with Gasteiger partial charge in [-0.2, -0.15) is 0 Å². The van der Waals surface area contributed by atoms with Crippen LogP contribution in [0.2, 0.25) is 0 Å². The maximum atomic E-state index is 11.3. The van der Waals surface area contributed by atoms with E-state index in [2.05, 4.69) is 0 Å². The number of sulfone groups is 1. The Kier molecular flexibility index (Phi) is 2.29. The number of nitrogens with zero attached hydrogens (tertiary/aromatic N) is 1. The molecule has 1 atom stereocenters. The summed E-state index contributed by atoms with van der Waals surface area (Å²) in [5.41, 5.74) is 0. The summed E-state index contributed by atoms with van der Waals surface area (Å²) in [6.07, 6.45) is 2.21. The molecule has 1 N–H and O–H groups in total. The predicted octanol–water partition coefficient (Wildman–Crippen LogP) is 0.493. The van der Waals surface area contributed by atoms with E-state index in [-0.39, 0.29) is 17.5 Å². The molecule has 5 heteroatoms. The van der Waals surface area contributed by atoms with E-state index in [1.54, 1.807) is 0 Å². The number of rotatable bonds is 1. The van der Waals surface area contributed by atoms with Crippen molar-refractivity contribution < 1.29 is 8.42 Å². The summed E-state index contributed by atoms with van der Waals surface area (Å²) in [4.78, 5) is 1.96. The summed E-state index contributed by atoms with van der Waals surface area (Å²) in [6, 6.07) is -0.0122. The van der Waals surface area contributed by atoms with Crippen molar-refractivity contribution in [3.63, 3.8) is 0 Å². The molecule has 2 aliphatic rings. The first-order valence-corrected chi connectivity index (χ1v) is 6.87. The minimum Gasteiger partial charge on any atom is -0.356 e. The highest BCUT2D eigenvalue weighted by molar-refractivity contribution is 7.91. The lowest BCUT2D eigenvalue weighted by Gasteiger charge is -2.35. The van der Waals surface area contributed by atoms with Crippen molar-refractivity contribution in [1.29, 1.82) is 5.41 Å². The molecule has 1 heterocycles. The maximum Gasteiger partial charge on any atom is 0.154 e. The van der Waals surface area contributed by atoms with E-state index in [1.807, 2.05) is 11.8 Å². The molecule has 1 saturated heterocycles. The Bertz CT molecular complexity index is 346. The van der Waals surface area contributed by atoms with Gasteiger partial charge in [0, 0.05) is 18.5 Å². The van der Waals surface area contributed by atoms with Crippen LogP contribution in [0.5, 0.6) is 0 Å². The van der Waals surface area contributed by atoms with Gasteiger partial charge in [-0.25, -0.2) is 8.42 Å². The van der Waals surface area contributed by atoms with Gasteiger partial charge in [-0.1, -0.05) is 0 Å². The molecular formula is C9H16N2O2S. The first-order valence-electron chi connectivity index (χ1n) is 5.05. The van der Waals surface area contributed by atoms with Gasteiger partial charge in [0.25, 0.3) is 0 Å². The first kappa shape index (κ1) is 9.96. The second-order valence-corrected chi connectivity index (χ2v) is 6.55. The number of hydrogen-bond acceptors (Lipinski definition) is 3. The Morgan fingerprint density at radius 3 is 2.57 bits per heavy atom. The van der Waals surface area contributed by atoms with Crippen LogP contribution in [-0.2, 0) is 9.84 Å². The Morgan fingerprint density at radius 2 is 2.07 bits per heavy atom. The SMILES string of the molecule is CC1CS(=O)(=O)CCN1C(=N)C1CC1. The van der Waals surface area contributed by atoms with Crippen molar-refractivity contribution in [2.75, 3.05) is 18.1 Å². The van der Waals surface area contributed by atoms with E-state index in [4.69, 9.17) is 5.41 Å². The number of nitrogens with one attached hydrogen (secondary N) is 1. The molecule has 2 fully saturated rings. The van der Waals surface area contributed by atoms with Gasteiger partial charge in [0.05, 0.1) is 17.3 Å². The molecule has 0 amide bonds. The van der Waals surface area contributed by atoms with Gasteiger partial charge >= 0.3 is 0 Å². The Balaban J connectivity index is 2.04. The lowest BCUT2D eigenvalue weighted by atomic mass is 10.2. The van der Waals surface area contributed by atoms with Gasteiger partial charge in [0.2, 0.25) is 0 Å². The van der Waals surface area contributed by atoms with Gasteiger partial charge < -0.3 is 4.90 Å². The number of amidine groups is 1. The fraction of sp³-hybridized carbons (Fsp3) is 0.889. The molecule has 0 aromatic rings. The van der Waals surface area contributed by atoms with Crippen LogP contribution in [-0.4, -0.2) is 43.2 Å². The molecule has 4 nitrogen and oxygen atoms in total. The van der Waals surface area contributed by atoms with Crippen molar-refractivity contribution in [3.8, 4) is 0 Å². The highest BCUT2D eigenvalue weighted by atomic mass is 32.2. The summed E-state index contributed by atoms with van der Waals surface area (Å²) in [7, 11) is -2.84. The molecule has 1 aliphatic heterocycles. The van der Waals surface area contributed by atoms with Crippen LogP contribution in [0.3, 0.4) is 0 Å². The van der Waals surface area contributed by atoms with Gasteiger partial charge in [0.1, 0.15) is 0 Å². The Morgan fingerprint density at radius 1 is 1.43 bits per heavy atom. The van der Waals surface area contributed by atoms with E-state index in [0.29, 0.717) is 18.3 Å². The second-order valence-electron chi connectivity index (χ2n) is 4.32. The Hall–Kier alpha value is -0.580. The second kappa shape index (κ2) is 3.22. The van der Waals surface area contributed by atoms with Crippen molar-refractivity contribution in [1.82, 2.24) is 4.90 Å². The minimum absolute atomic E-state index is 0.0122. The normalized spacial score (nSPS) is 31.5. The average molecular weight is 216 g/mol. The topological polar surface area (TPSA) is 61.2 Å². The summed E-state index contributed by atoms with van der Waals surface area (Å²) in [6.45, 7) is 2.41. The van der Waals surface area contributed by atoms with Crippen LogP contribution in [0.1, 0.15) is 19.8 Å². The molecule has 1 saturated carbocycles. The smallest absolute Gasteiger partial charge is 0.154 e. The lowest BCUT2D eigenvalue weighted by molar-refractivity contribution is 0.342. The van der Waals surface area contributed by atoms with Gasteiger partial charge in [-0.3, -0.25) is 5.41 Å². The van der Waals surface area contributed by atoms with E-state index in [1.165, 1.54) is 0 Å². The summed E-state index contributed by atoms with van der Waals surface area (Å²) >= 11 is 0. The lowest BCUT2D eigenvalue weighted by Crippen LogP contribution is -2.50.